The molecule has 4 rings (SSSR count). The topological polar surface area (TPSA) is 80.3 Å². The van der Waals surface area contributed by atoms with Crippen LogP contribution in [0.25, 0.3) is 22.6 Å². The zero-order chi connectivity index (χ0) is 19.5. The quantitative estimate of drug-likeness (QED) is 0.488. The van der Waals surface area contributed by atoms with Gasteiger partial charge in [-0.1, -0.05) is 19.1 Å². The molecule has 0 saturated heterocycles. The number of aryl methyl sites for hydroxylation is 1. The van der Waals surface area contributed by atoms with Gasteiger partial charge in [0.15, 0.2) is 16.5 Å². The Balaban J connectivity index is 1.49. The third-order valence-corrected chi connectivity index (χ3v) is 4.43. The lowest BCUT2D eigenvalue weighted by Crippen LogP contribution is -2.33. The van der Waals surface area contributed by atoms with Crippen molar-refractivity contribution in [2.24, 2.45) is 0 Å². The van der Waals surface area contributed by atoms with Gasteiger partial charge < -0.3 is 14.2 Å². The highest BCUT2D eigenvalue weighted by Gasteiger charge is 2.12. The van der Waals surface area contributed by atoms with E-state index in [1.165, 1.54) is 11.8 Å². The van der Waals surface area contributed by atoms with E-state index in [9.17, 15) is 4.79 Å². The van der Waals surface area contributed by atoms with Crippen molar-refractivity contribution in [1.29, 1.82) is 0 Å². The minimum absolute atomic E-state index is 0.166. The van der Waals surface area contributed by atoms with Crippen LogP contribution < -0.4 is 10.6 Å². The number of hydrogen-bond donors (Lipinski definition) is 2. The Morgan fingerprint density at radius 2 is 1.96 bits per heavy atom. The molecule has 0 unspecified atom stereocenters. The van der Waals surface area contributed by atoms with Gasteiger partial charge >= 0.3 is 0 Å². The van der Waals surface area contributed by atoms with E-state index in [4.69, 9.17) is 21.1 Å². The molecule has 0 aliphatic carbocycles. The predicted molar refractivity (Wildman–Crippen MR) is 111 cm³/mol. The largest absolute Gasteiger partial charge is 0.459 e. The van der Waals surface area contributed by atoms with Crippen molar-refractivity contribution in [3.8, 4) is 11.5 Å². The first-order valence-corrected chi connectivity index (χ1v) is 9.19. The molecule has 4 aromatic rings. The second-order valence-corrected chi connectivity index (χ2v) is 6.55. The number of aromatic nitrogens is 1. The number of amides is 1. The van der Waals surface area contributed by atoms with Crippen LogP contribution in [0.15, 0.2) is 69.7 Å². The molecule has 2 aromatic heterocycles. The van der Waals surface area contributed by atoms with Crippen LogP contribution in [0.3, 0.4) is 0 Å². The van der Waals surface area contributed by atoms with Crippen molar-refractivity contribution in [3.05, 3.63) is 72.2 Å². The molecule has 0 atom stereocenters. The lowest BCUT2D eigenvalue weighted by Gasteiger charge is -2.08. The molecular formula is C21H17N3O3S. The second-order valence-electron chi connectivity index (χ2n) is 6.14. The number of hydrogen-bond acceptors (Lipinski definition) is 5. The van der Waals surface area contributed by atoms with Crippen molar-refractivity contribution >= 4 is 40.0 Å². The molecule has 0 radical (unpaired) electrons. The molecule has 0 saturated carbocycles. The number of oxazole rings is 1. The molecule has 140 valence electrons. The average Bonchev–Trinajstić information content (AvgIpc) is 3.37. The molecule has 2 aromatic carbocycles. The Labute approximate surface area is 166 Å². The zero-order valence-corrected chi connectivity index (χ0v) is 15.9. The van der Waals surface area contributed by atoms with E-state index in [1.807, 2.05) is 30.3 Å². The van der Waals surface area contributed by atoms with Gasteiger partial charge in [0.25, 0.3) is 5.91 Å². The molecule has 2 heterocycles. The van der Waals surface area contributed by atoms with Crippen LogP contribution in [-0.4, -0.2) is 16.0 Å². The van der Waals surface area contributed by atoms with Crippen molar-refractivity contribution in [2.75, 3.05) is 5.32 Å². The Kier molecular flexibility index (Phi) is 4.90. The summed E-state index contributed by atoms with van der Waals surface area (Å²) in [6, 6.07) is 16.8. The summed E-state index contributed by atoms with van der Waals surface area (Å²) in [4.78, 5) is 16.5. The van der Waals surface area contributed by atoms with Gasteiger partial charge in [-0.3, -0.25) is 10.1 Å². The van der Waals surface area contributed by atoms with E-state index in [1.54, 1.807) is 12.1 Å². The van der Waals surface area contributed by atoms with Crippen LogP contribution >= 0.6 is 12.2 Å². The normalized spacial score (nSPS) is 10.8. The molecule has 1 amide bonds. The molecule has 0 aliphatic heterocycles. The molecule has 7 heteroatoms. The number of anilines is 1. The third-order valence-electron chi connectivity index (χ3n) is 4.23. The third kappa shape index (κ3) is 3.79. The first-order valence-electron chi connectivity index (χ1n) is 8.78. The van der Waals surface area contributed by atoms with Crippen LogP contribution in [0, 0.1) is 0 Å². The van der Waals surface area contributed by atoms with E-state index >= 15 is 0 Å². The first kappa shape index (κ1) is 17.9. The SMILES string of the molecule is CCc1ccc(-c2nc3cc(NC(=S)NC(=O)c4ccco4)ccc3o2)cc1. The van der Waals surface area contributed by atoms with Crippen LogP contribution in [0.5, 0.6) is 0 Å². The van der Waals surface area contributed by atoms with Gasteiger partial charge in [0.1, 0.15) is 5.52 Å². The van der Waals surface area contributed by atoms with Gasteiger partial charge in [-0.05, 0) is 66.7 Å². The average molecular weight is 391 g/mol. The van der Waals surface area contributed by atoms with Gasteiger partial charge in [0.05, 0.1) is 6.26 Å². The summed E-state index contributed by atoms with van der Waals surface area (Å²) in [5.41, 5.74) is 4.24. The number of furan rings is 1. The second kappa shape index (κ2) is 7.66. The van der Waals surface area contributed by atoms with E-state index in [-0.39, 0.29) is 10.9 Å². The number of carbonyl (C=O) groups is 1. The van der Waals surface area contributed by atoms with Crippen molar-refractivity contribution in [3.63, 3.8) is 0 Å². The summed E-state index contributed by atoms with van der Waals surface area (Å²) in [6.07, 6.45) is 2.41. The Hall–Kier alpha value is -3.45. The predicted octanol–water partition coefficient (Wildman–Crippen LogP) is 4.78. The zero-order valence-electron chi connectivity index (χ0n) is 15.1. The van der Waals surface area contributed by atoms with Crippen LogP contribution in [0.2, 0.25) is 0 Å². The number of benzene rings is 2. The highest BCUT2D eigenvalue weighted by molar-refractivity contribution is 7.80. The van der Waals surface area contributed by atoms with E-state index in [2.05, 4.69) is 34.7 Å². The highest BCUT2D eigenvalue weighted by atomic mass is 32.1. The number of rotatable bonds is 4. The fraction of sp³-hybridized carbons (Fsp3) is 0.0952. The van der Waals surface area contributed by atoms with Crippen LogP contribution in [-0.2, 0) is 6.42 Å². The van der Waals surface area contributed by atoms with Crippen molar-refractivity contribution in [2.45, 2.75) is 13.3 Å². The number of fused-ring (bicyclic) bond motifs is 1. The Morgan fingerprint density at radius 1 is 1.14 bits per heavy atom. The molecule has 0 bridgehead atoms. The first-order chi connectivity index (χ1) is 13.6. The van der Waals surface area contributed by atoms with Gasteiger partial charge in [0, 0.05) is 11.3 Å². The van der Waals surface area contributed by atoms with Gasteiger partial charge in [-0.25, -0.2) is 4.98 Å². The molecule has 28 heavy (non-hydrogen) atoms. The van der Waals surface area contributed by atoms with Gasteiger partial charge in [-0.2, -0.15) is 0 Å². The molecule has 0 spiro atoms. The minimum Gasteiger partial charge on any atom is -0.459 e. The van der Waals surface area contributed by atoms with E-state index in [0.717, 1.165) is 12.0 Å². The molecule has 0 aliphatic rings. The fourth-order valence-corrected chi connectivity index (χ4v) is 2.96. The molecule has 2 N–H and O–H groups in total. The van der Waals surface area contributed by atoms with Crippen LogP contribution in [0.4, 0.5) is 5.69 Å². The summed E-state index contributed by atoms with van der Waals surface area (Å²) in [7, 11) is 0. The summed E-state index contributed by atoms with van der Waals surface area (Å²) in [5, 5.41) is 5.70. The van der Waals surface area contributed by atoms with Crippen molar-refractivity contribution < 1.29 is 13.6 Å². The standard InChI is InChI=1S/C21H17N3O3S/c1-2-13-5-7-14(8-6-13)20-23-16-12-15(9-10-17(16)27-20)22-21(28)24-19(25)18-4-3-11-26-18/h3-12H,2H2,1H3,(H2,22,24,25,28). The van der Waals surface area contributed by atoms with E-state index < -0.39 is 5.91 Å². The minimum atomic E-state index is -0.414. The maximum Gasteiger partial charge on any atom is 0.293 e. The highest BCUT2D eigenvalue weighted by Crippen LogP contribution is 2.26. The smallest absolute Gasteiger partial charge is 0.293 e. The maximum absolute atomic E-state index is 12.0. The summed E-state index contributed by atoms with van der Waals surface area (Å²) >= 11 is 5.19. The molecule has 6 nitrogen and oxygen atoms in total. The number of nitrogens with zero attached hydrogens (tertiary/aromatic N) is 1. The molecular weight excluding hydrogens is 374 g/mol. The Bertz CT molecular complexity index is 1130. The Morgan fingerprint density at radius 3 is 2.68 bits per heavy atom. The monoisotopic (exact) mass is 391 g/mol. The van der Waals surface area contributed by atoms with Crippen molar-refractivity contribution in [1.82, 2.24) is 10.3 Å². The summed E-state index contributed by atoms with van der Waals surface area (Å²) in [5.74, 6) is 0.334. The maximum atomic E-state index is 12.0. The summed E-state index contributed by atoms with van der Waals surface area (Å²) < 4.78 is 10.9. The molecule has 0 fully saturated rings. The van der Waals surface area contributed by atoms with E-state index in [0.29, 0.717) is 22.7 Å². The number of nitrogens with one attached hydrogen (secondary N) is 2. The van der Waals surface area contributed by atoms with Crippen LogP contribution in [0.1, 0.15) is 23.0 Å². The number of carbonyl (C=O) groups excluding carboxylic acids is 1. The fourth-order valence-electron chi connectivity index (χ4n) is 2.75. The van der Waals surface area contributed by atoms with Gasteiger partial charge in [-0.15, -0.1) is 0 Å². The number of thiocarbonyl (C=S) groups is 1. The lowest BCUT2D eigenvalue weighted by molar-refractivity contribution is 0.0950. The summed E-state index contributed by atoms with van der Waals surface area (Å²) in [6.45, 7) is 2.12. The van der Waals surface area contributed by atoms with Gasteiger partial charge in [0.2, 0.25) is 5.89 Å². The lowest BCUT2D eigenvalue weighted by atomic mass is 10.1.